The first-order valence-electron chi connectivity index (χ1n) is 5.46. The van der Waals surface area contributed by atoms with Crippen molar-refractivity contribution in [2.45, 2.75) is 5.25 Å². The van der Waals surface area contributed by atoms with Crippen molar-refractivity contribution >= 4 is 52.9 Å². The Morgan fingerprint density at radius 3 is 3.17 bits per heavy atom. The van der Waals surface area contributed by atoms with E-state index in [2.05, 4.69) is 26.0 Å². The van der Waals surface area contributed by atoms with Crippen molar-refractivity contribution in [1.82, 2.24) is 19.4 Å². The number of fused-ring (bicyclic) bond motifs is 1. The zero-order chi connectivity index (χ0) is 12.7. The van der Waals surface area contributed by atoms with Crippen molar-refractivity contribution in [3.05, 3.63) is 27.6 Å². The van der Waals surface area contributed by atoms with Crippen LogP contribution >= 0.6 is 39.3 Å². The summed E-state index contributed by atoms with van der Waals surface area (Å²) in [6.45, 7) is 1.70. The molecule has 18 heavy (non-hydrogen) atoms. The van der Waals surface area contributed by atoms with Gasteiger partial charge in [0.15, 0.2) is 13.6 Å². The summed E-state index contributed by atoms with van der Waals surface area (Å²) in [6.07, 6.45) is 1.70. The van der Waals surface area contributed by atoms with Crippen LogP contribution < -0.4 is 0 Å². The lowest BCUT2D eigenvalue weighted by Gasteiger charge is -2.29. The van der Waals surface area contributed by atoms with Crippen LogP contribution in [-0.2, 0) is 0 Å². The summed E-state index contributed by atoms with van der Waals surface area (Å²) in [6, 6.07) is 1.87. The van der Waals surface area contributed by atoms with Gasteiger partial charge in [0.1, 0.15) is 5.15 Å². The molecule has 2 radical (unpaired) electrons. The highest BCUT2D eigenvalue weighted by molar-refractivity contribution is 9.10. The van der Waals surface area contributed by atoms with Crippen LogP contribution in [0.3, 0.4) is 0 Å². The molecule has 1 atom stereocenters. The molecule has 2 aromatic heterocycles. The van der Waals surface area contributed by atoms with Gasteiger partial charge in [0, 0.05) is 12.3 Å². The third-order valence-corrected chi connectivity index (χ3v) is 4.87. The zero-order valence-corrected chi connectivity index (χ0v) is 12.5. The molecule has 0 saturated carbocycles. The molecule has 4 nitrogen and oxygen atoms in total. The average Bonchev–Trinajstić information content (AvgIpc) is 2.72. The number of thioether (sulfide) groups is 1. The van der Waals surface area contributed by atoms with Crippen LogP contribution in [0.2, 0.25) is 5.15 Å². The SMILES string of the molecule is [B]N1CCSC(c2cc(Cl)n3ncc(Br)c3n2)C1. The molecule has 1 fully saturated rings. The smallest absolute Gasteiger partial charge is 0.182 e. The predicted molar refractivity (Wildman–Crippen MR) is 78.2 cm³/mol. The van der Waals surface area contributed by atoms with Crippen molar-refractivity contribution in [3.63, 3.8) is 0 Å². The molecule has 2 aromatic rings. The molecular formula is C10H9BBrClN4S. The first kappa shape index (κ1) is 12.8. The zero-order valence-electron chi connectivity index (χ0n) is 9.38. The molecule has 1 saturated heterocycles. The largest absolute Gasteiger partial charge is 0.352 e. The van der Waals surface area contributed by atoms with E-state index in [1.165, 1.54) is 0 Å². The van der Waals surface area contributed by atoms with E-state index < -0.39 is 0 Å². The summed E-state index contributed by atoms with van der Waals surface area (Å²) < 4.78 is 2.46. The van der Waals surface area contributed by atoms with Crippen LogP contribution in [0.25, 0.3) is 5.65 Å². The van der Waals surface area contributed by atoms with E-state index in [9.17, 15) is 0 Å². The highest BCUT2D eigenvalue weighted by Crippen LogP contribution is 2.33. The van der Waals surface area contributed by atoms with Crippen LogP contribution in [0, 0.1) is 0 Å². The molecule has 1 unspecified atom stereocenters. The Morgan fingerprint density at radius 2 is 2.39 bits per heavy atom. The normalized spacial score (nSPS) is 21.6. The van der Waals surface area contributed by atoms with Gasteiger partial charge < -0.3 is 4.81 Å². The molecule has 3 heterocycles. The monoisotopic (exact) mass is 342 g/mol. The Hall–Kier alpha value is -0.235. The van der Waals surface area contributed by atoms with Crippen molar-refractivity contribution in [3.8, 4) is 0 Å². The third kappa shape index (κ3) is 2.29. The van der Waals surface area contributed by atoms with Gasteiger partial charge in [-0.2, -0.15) is 5.10 Å². The highest BCUT2D eigenvalue weighted by Gasteiger charge is 2.22. The number of aromatic nitrogens is 3. The summed E-state index contributed by atoms with van der Waals surface area (Å²) in [5.41, 5.74) is 1.70. The first-order valence-corrected chi connectivity index (χ1v) is 7.68. The first-order chi connectivity index (χ1) is 8.65. The lowest BCUT2D eigenvalue weighted by atomic mass is 10.2. The topological polar surface area (TPSA) is 33.4 Å². The van der Waals surface area contributed by atoms with Gasteiger partial charge in [0.2, 0.25) is 0 Å². The minimum absolute atomic E-state index is 0.257. The second kappa shape index (κ2) is 5.04. The minimum Gasteiger partial charge on any atom is -0.352 e. The van der Waals surface area contributed by atoms with E-state index in [0.717, 1.165) is 34.7 Å². The fourth-order valence-corrected chi connectivity index (χ4v) is 3.73. The maximum Gasteiger partial charge on any atom is 0.182 e. The number of rotatable bonds is 1. The van der Waals surface area contributed by atoms with E-state index in [0.29, 0.717) is 5.15 Å². The van der Waals surface area contributed by atoms with Crippen LogP contribution in [0.4, 0.5) is 0 Å². The van der Waals surface area contributed by atoms with Crippen molar-refractivity contribution < 1.29 is 0 Å². The van der Waals surface area contributed by atoms with E-state index in [4.69, 9.17) is 19.6 Å². The molecule has 0 aliphatic carbocycles. The second-order valence-corrected chi connectivity index (χ2v) is 6.64. The lowest BCUT2D eigenvalue weighted by molar-refractivity contribution is 0.464. The summed E-state index contributed by atoms with van der Waals surface area (Å²) >= 11 is 11.5. The fraction of sp³-hybridized carbons (Fsp3) is 0.400. The maximum atomic E-state index is 6.22. The fourth-order valence-electron chi connectivity index (χ4n) is 1.93. The molecule has 0 spiro atoms. The van der Waals surface area contributed by atoms with Crippen LogP contribution in [-0.4, -0.2) is 46.2 Å². The Bertz CT molecular complexity index is 593. The summed E-state index contributed by atoms with van der Waals surface area (Å²) in [4.78, 5) is 6.45. The summed E-state index contributed by atoms with van der Waals surface area (Å²) in [5, 5.41) is 4.98. The summed E-state index contributed by atoms with van der Waals surface area (Å²) in [5.74, 6) is 1.01. The molecule has 0 N–H and O–H groups in total. The van der Waals surface area contributed by atoms with Crippen LogP contribution in [0.15, 0.2) is 16.7 Å². The molecule has 8 heteroatoms. The lowest BCUT2D eigenvalue weighted by Crippen LogP contribution is -2.32. The van der Waals surface area contributed by atoms with Crippen molar-refractivity contribution in [2.24, 2.45) is 0 Å². The van der Waals surface area contributed by atoms with Gasteiger partial charge in [-0.25, -0.2) is 9.50 Å². The molecular weight excluding hydrogens is 334 g/mol. The third-order valence-electron chi connectivity index (χ3n) is 2.83. The molecule has 0 bridgehead atoms. The van der Waals surface area contributed by atoms with Crippen LogP contribution in [0.1, 0.15) is 10.9 Å². The standard InChI is InChI=1S/C10H9BBrClN4S/c11-16-1-2-18-8(5-16)7-3-9(13)17-10(15-7)6(12)4-14-17/h3-4,8H,1-2,5H2. The van der Waals surface area contributed by atoms with E-state index in [1.807, 2.05) is 22.6 Å². The number of hydrogen-bond acceptors (Lipinski definition) is 4. The summed E-state index contributed by atoms with van der Waals surface area (Å²) in [7, 11) is 5.86. The van der Waals surface area contributed by atoms with Crippen LogP contribution in [0.5, 0.6) is 0 Å². The van der Waals surface area contributed by atoms with Gasteiger partial charge in [0.05, 0.1) is 21.6 Å². The molecule has 1 aliphatic heterocycles. The van der Waals surface area contributed by atoms with Gasteiger partial charge >= 0.3 is 0 Å². The van der Waals surface area contributed by atoms with Gasteiger partial charge in [-0.05, 0) is 28.5 Å². The quantitative estimate of drug-likeness (QED) is 0.588. The molecule has 0 amide bonds. The number of hydrogen-bond donors (Lipinski definition) is 0. The van der Waals surface area contributed by atoms with E-state index in [1.54, 1.807) is 10.7 Å². The predicted octanol–water partition coefficient (Wildman–Crippen LogP) is 2.32. The minimum atomic E-state index is 0.257. The Labute approximate surface area is 124 Å². The Morgan fingerprint density at radius 1 is 1.56 bits per heavy atom. The van der Waals surface area contributed by atoms with E-state index >= 15 is 0 Å². The number of halogens is 2. The maximum absolute atomic E-state index is 6.22. The average molecular weight is 343 g/mol. The number of nitrogens with zero attached hydrogens (tertiary/aromatic N) is 4. The highest BCUT2D eigenvalue weighted by atomic mass is 79.9. The molecule has 3 rings (SSSR count). The van der Waals surface area contributed by atoms with Crippen molar-refractivity contribution in [2.75, 3.05) is 18.8 Å². The van der Waals surface area contributed by atoms with Gasteiger partial charge in [-0.3, -0.25) is 0 Å². The van der Waals surface area contributed by atoms with Crippen molar-refractivity contribution in [1.29, 1.82) is 0 Å². The van der Waals surface area contributed by atoms with Gasteiger partial charge in [0.25, 0.3) is 0 Å². The van der Waals surface area contributed by atoms with Gasteiger partial charge in [-0.15, -0.1) is 11.8 Å². The van der Waals surface area contributed by atoms with Gasteiger partial charge in [-0.1, -0.05) is 11.6 Å². The second-order valence-electron chi connectivity index (χ2n) is 4.09. The van der Waals surface area contributed by atoms with E-state index in [-0.39, 0.29) is 5.25 Å². The Kier molecular flexibility index (Phi) is 3.58. The molecule has 0 aromatic carbocycles. The molecule has 92 valence electrons. The Balaban J connectivity index is 2.03. The molecule has 1 aliphatic rings.